The first-order valence-corrected chi connectivity index (χ1v) is 9.27. The van der Waals surface area contributed by atoms with Gasteiger partial charge >= 0.3 is 0 Å². The summed E-state index contributed by atoms with van der Waals surface area (Å²) in [5, 5.41) is 3.43. The van der Waals surface area contributed by atoms with Crippen molar-refractivity contribution in [2.24, 2.45) is 5.92 Å². The van der Waals surface area contributed by atoms with Crippen LogP contribution in [0.25, 0.3) is 0 Å². The number of morpholine rings is 1. The minimum absolute atomic E-state index is 0.0314. The summed E-state index contributed by atoms with van der Waals surface area (Å²) in [5.41, 5.74) is 0.844. The van der Waals surface area contributed by atoms with Crippen LogP contribution in [0.1, 0.15) is 38.9 Å². The second-order valence-corrected chi connectivity index (χ2v) is 8.64. The predicted molar refractivity (Wildman–Crippen MR) is 84.1 cm³/mol. The molecule has 1 aromatic carbocycles. The smallest absolute Gasteiger partial charge is 0.175 e. The fraction of sp³-hybridized carbons (Fsp3) is 0.625. The molecule has 5 heteroatoms. The summed E-state index contributed by atoms with van der Waals surface area (Å²) in [4.78, 5) is 0.347. The normalized spacial score (nSPS) is 27.0. The molecule has 21 heavy (non-hydrogen) atoms. The molecule has 1 aliphatic heterocycles. The van der Waals surface area contributed by atoms with E-state index in [0.29, 0.717) is 10.8 Å². The highest BCUT2D eigenvalue weighted by molar-refractivity contribution is 7.90. The summed E-state index contributed by atoms with van der Waals surface area (Å²) >= 11 is 0. The number of nitrogens with one attached hydrogen (secondary N) is 1. The number of benzene rings is 1. The van der Waals surface area contributed by atoms with E-state index < -0.39 is 9.84 Å². The van der Waals surface area contributed by atoms with Crippen LogP contribution in [0.4, 0.5) is 0 Å². The summed E-state index contributed by atoms with van der Waals surface area (Å²) in [6.45, 7) is 8.13. The van der Waals surface area contributed by atoms with Crippen LogP contribution >= 0.6 is 0 Å². The minimum atomic E-state index is -3.15. The third kappa shape index (κ3) is 4.28. The Hall–Kier alpha value is -0.910. The van der Waals surface area contributed by atoms with Crippen molar-refractivity contribution >= 4 is 9.84 Å². The third-order valence-corrected chi connectivity index (χ3v) is 4.90. The van der Waals surface area contributed by atoms with Gasteiger partial charge in [-0.1, -0.05) is 26.0 Å². The number of rotatable bonds is 4. The zero-order valence-corrected chi connectivity index (χ0v) is 14.0. The predicted octanol–water partition coefficient (Wildman–Crippen LogP) is 2.56. The van der Waals surface area contributed by atoms with Crippen molar-refractivity contribution in [2.75, 3.05) is 19.3 Å². The standard InChI is InChI=1S/C16H25NO3S/c1-12(2)9-16(3)11-17-10-15(20-16)13-5-7-14(8-6-13)21(4,18)19/h5-8,12,15,17H,9-11H2,1-4H3. The molecule has 0 radical (unpaired) electrons. The lowest BCUT2D eigenvalue weighted by molar-refractivity contribution is -0.117. The lowest BCUT2D eigenvalue weighted by atomic mass is 9.91. The Kier molecular flexibility index (Phi) is 4.76. The molecule has 0 amide bonds. The Morgan fingerprint density at radius 1 is 1.33 bits per heavy atom. The summed E-state index contributed by atoms with van der Waals surface area (Å²) in [7, 11) is -3.15. The molecule has 2 rings (SSSR count). The fourth-order valence-corrected chi connectivity index (χ4v) is 3.62. The van der Waals surface area contributed by atoms with E-state index in [-0.39, 0.29) is 11.7 Å². The van der Waals surface area contributed by atoms with Gasteiger partial charge in [0.15, 0.2) is 9.84 Å². The topological polar surface area (TPSA) is 55.4 Å². The summed E-state index contributed by atoms with van der Waals surface area (Å²) in [6, 6.07) is 7.01. The minimum Gasteiger partial charge on any atom is -0.365 e. The molecule has 0 aromatic heterocycles. The molecule has 1 aromatic rings. The van der Waals surface area contributed by atoms with Crippen LogP contribution in [0.3, 0.4) is 0 Å². The van der Waals surface area contributed by atoms with Crippen molar-refractivity contribution in [1.29, 1.82) is 0 Å². The quantitative estimate of drug-likeness (QED) is 0.928. The fourth-order valence-electron chi connectivity index (χ4n) is 2.99. The highest BCUT2D eigenvalue weighted by atomic mass is 32.2. The maximum atomic E-state index is 11.5. The van der Waals surface area contributed by atoms with Crippen LogP contribution in [0, 0.1) is 5.92 Å². The van der Waals surface area contributed by atoms with Gasteiger partial charge in [0, 0.05) is 19.3 Å². The van der Waals surface area contributed by atoms with Crippen LogP contribution in [0.5, 0.6) is 0 Å². The van der Waals surface area contributed by atoms with E-state index in [0.717, 1.165) is 25.1 Å². The summed E-state index contributed by atoms with van der Waals surface area (Å²) < 4.78 is 29.3. The Labute approximate surface area is 127 Å². The van der Waals surface area contributed by atoms with Crippen LogP contribution < -0.4 is 5.32 Å². The molecule has 0 saturated carbocycles. The van der Waals surface area contributed by atoms with Crippen LogP contribution in [-0.2, 0) is 14.6 Å². The second kappa shape index (κ2) is 6.07. The van der Waals surface area contributed by atoms with Gasteiger partial charge in [-0.3, -0.25) is 0 Å². The molecule has 1 heterocycles. The molecule has 0 bridgehead atoms. The van der Waals surface area contributed by atoms with Gasteiger partial charge in [0.1, 0.15) is 0 Å². The maximum absolute atomic E-state index is 11.5. The zero-order chi connectivity index (χ0) is 15.7. The molecule has 1 N–H and O–H groups in total. The Balaban J connectivity index is 2.15. The molecule has 0 spiro atoms. The zero-order valence-electron chi connectivity index (χ0n) is 13.2. The number of hydrogen-bond acceptors (Lipinski definition) is 4. The number of hydrogen-bond donors (Lipinski definition) is 1. The first-order valence-electron chi connectivity index (χ1n) is 7.38. The monoisotopic (exact) mass is 311 g/mol. The van der Waals surface area contributed by atoms with Gasteiger partial charge in [-0.15, -0.1) is 0 Å². The SMILES string of the molecule is CC(C)CC1(C)CNCC(c2ccc(S(C)(=O)=O)cc2)O1. The average molecular weight is 311 g/mol. The van der Waals surface area contributed by atoms with E-state index in [1.807, 2.05) is 12.1 Å². The van der Waals surface area contributed by atoms with Gasteiger partial charge in [-0.25, -0.2) is 8.42 Å². The number of sulfone groups is 1. The van der Waals surface area contributed by atoms with E-state index >= 15 is 0 Å². The van der Waals surface area contributed by atoms with Crippen LogP contribution in [0.15, 0.2) is 29.2 Å². The largest absolute Gasteiger partial charge is 0.365 e. The molecule has 1 saturated heterocycles. The molecule has 118 valence electrons. The molecule has 2 unspecified atom stereocenters. The van der Waals surface area contributed by atoms with Gasteiger partial charge in [0.2, 0.25) is 0 Å². The summed E-state index contributed by atoms with van der Waals surface area (Å²) in [6.07, 6.45) is 2.19. The summed E-state index contributed by atoms with van der Waals surface area (Å²) in [5.74, 6) is 0.572. The average Bonchev–Trinajstić information content (AvgIpc) is 2.36. The molecule has 1 fully saturated rings. The van der Waals surface area contributed by atoms with Crippen molar-refractivity contribution in [3.8, 4) is 0 Å². The van der Waals surface area contributed by atoms with E-state index in [1.54, 1.807) is 12.1 Å². The molecule has 2 atom stereocenters. The maximum Gasteiger partial charge on any atom is 0.175 e. The highest BCUT2D eigenvalue weighted by Crippen LogP contribution is 2.31. The van der Waals surface area contributed by atoms with Crippen molar-refractivity contribution < 1.29 is 13.2 Å². The van der Waals surface area contributed by atoms with Crippen LogP contribution in [0.2, 0.25) is 0 Å². The highest BCUT2D eigenvalue weighted by Gasteiger charge is 2.34. The van der Waals surface area contributed by atoms with Crippen molar-refractivity contribution in [3.63, 3.8) is 0 Å². The van der Waals surface area contributed by atoms with Gasteiger partial charge in [0.25, 0.3) is 0 Å². The third-order valence-electron chi connectivity index (χ3n) is 3.78. The number of ether oxygens (including phenoxy) is 1. The van der Waals surface area contributed by atoms with Gasteiger partial charge in [-0.05, 0) is 37.0 Å². The van der Waals surface area contributed by atoms with E-state index in [2.05, 4.69) is 26.1 Å². The van der Waals surface area contributed by atoms with E-state index in [1.165, 1.54) is 6.26 Å². The molecule has 4 nitrogen and oxygen atoms in total. The molecule has 0 aliphatic carbocycles. The van der Waals surface area contributed by atoms with Crippen LogP contribution in [-0.4, -0.2) is 33.4 Å². The van der Waals surface area contributed by atoms with Crippen molar-refractivity contribution in [3.05, 3.63) is 29.8 Å². The molecular weight excluding hydrogens is 286 g/mol. The Bertz CT molecular complexity index is 580. The molecule has 1 aliphatic rings. The lowest BCUT2D eigenvalue weighted by Gasteiger charge is -2.40. The van der Waals surface area contributed by atoms with Crippen molar-refractivity contribution in [1.82, 2.24) is 5.32 Å². The Morgan fingerprint density at radius 2 is 1.95 bits per heavy atom. The first kappa shape index (κ1) is 16.5. The Morgan fingerprint density at radius 3 is 2.48 bits per heavy atom. The van der Waals surface area contributed by atoms with Gasteiger partial charge < -0.3 is 10.1 Å². The van der Waals surface area contributed by atoms with Crippen molar-refractivity contribution in [2.45, 2.75) is 43.8 Å². The van der Waals surface area contributed by atoms with Gasteiger partial charge in [-0.2, -0.15) is 0 Å². The first-order chi connectivity index (χ1) is 9.70. The van der Waals surface area contributed by atoms with E-state index in [9.17, 15) is 8.42 Å². The second-order valence-electron chi connectivity index (χ2n) is 6.63. The van der Waals surface area contributed by atoms with E-state index in [4.69, 9.17) is 4.74 Å². The molecular formula is C16H25NO3S. The lowest BCUT2D eigenvalue weighted by Crippen LogP contribution is -2.49. The van der Waals surface area contributed by atoms with Gasteiger partial charge in [0.05, 0.1) is 16.6 Å².